The van der Waals surface area contributed by atoms with Crippen molar-refractivity contribution < 1.29 is 18.4 Å². The van der Waals surface area contributed by atoms with Crippen LogP contribution in [0, 0.1) is 11.6 Å². The van der Waals surface area contributed by atoms with Crippen molar-refractivity contribution in [1.82, 2.24) is 20.2 Å². The topological polar surface area (TPSA) is 101 Å². The molecular weight excluding hydrogens is 440 g/mol. The maximum atomic E-state index is 15.2. The van der Waals surface area contributed by atoms with E-state index < -0.39 is 23.3 Å². The van der Waals surface area contributed by atoms with Gasteiger partial charge in [0.05, 0.1) is 40.4 Å². The van der Waals surface area contributed by atoms with Gasteiger partial charge < -0.3 is 5.32 Å². The molecule has 5 aromatic rings. The normalized spacial score (nSPS) is 10.9. The molecule has 1 amide bonds. The van der Waals surface area contributed by atoms with Crippen molar-refractivity contribution in [3.05, 3.63) is 108 Å². The average molecular weight is 455 g/mol. The lowest BCUT2D eigenvalue weighted by atomic mass is 10.0. The van der Waals surface area contributed by atoms with Crippen LogP contribution in [0.5, 0.6) is 0 Å². The van der Waals surface area contributed by atoms with Gasteiger partial charge in [-0.2, -0.15) is 5.10 Å². The summed E-state index contributed by atoms with van der Waals surface area (Å²) >= 11 is 0. The van der Waals surface area contributed by atoms with Gasteiger partial charge in [-0.25, -0.2) is 13.8 Å². The Morgan fingerprint density at radius 3 is 2.44 bits per heavy atom. The molecule has 0 saturated heterocycles. The molecule has 0 bridgehead atoms. The van der Waals surface area contributed by atoms with Crippen molar-refractivity contribution in [2.45, 2.75) is 0 Å². The largest absolute Gasteiger partial charge is 0.319 e. The van der Waals surface area contributed by atoms with Gasteiger partial charge in [-0.15, -0.1) is 0 Å². The molecule has 2 aromatic heterocycles. The number of benzene rings is 3. The second-order valence-electron chi connectivity index (χ2n) is 7.40. The molecule has 0 radical (unpaired) electrons. The Labute approximate surface area is 191 Å². The number of ketones is 1. The number of nitrogens with zero attached hydrogens (tertiary/aromatic N) is 3. The van der Waals surface area contributed by atoms with E-state index in [0.717, 1.165) is 17.7 Å². The molecule has 34 heavy (non-hydrogen) atoms. The third-order valence-electron chi connectivity index (χ3n) is 5.20. The Bertz CT molecular complexity index is 1530. The van der Waals surface area contributed by atoms with E-state index in [1.54, 1.807) is 30.7 Å². The van der Waals surface area contributed by atoms with Crippen LogP contribution in [0.25, 0.3) is 22.3 Å². The van der Waals surface area contributed by atoms with Crippen molar-refractivity contribution >= 4 is 28.4 Å². The molecule has 2 heterocycles. The SMILES string of the molecule is O=C(Nc1cccc(C(=O)c2ccc3ncc(-c4cn[nH]c4)nc3c2)c1F)c1ccc(F)cc1. The Hall–Kier alpha value is -4.79. The van der Waals surface area contributed by atoms with Gasteiger partial charge in [-0.05, 0) is 54.6 Å². The molecule has 3 aromatic carbocycles. The van der Waals surface area contributed by atoms with Crippen LogP contribution in [0.3, 0.4) is 0 Å². The van der Waals surface area contributed by atoms with Crippen molar-refractivity contribution in [3.8, 4) is 11.3 Å². The number of H-pyrrole nitrogens is 1. The van der Waals surface area contributed by atoms with Gasteiger partial charge in [0.1, 0.15) is 5.82 Å². The van der Waals surface area contributed by atoms with Gasteiger partial charge in [-0.3, -0.25) is 19.7 Å². The summed E-state index contributed by atoms with van der Waals surface area (Å²) in [5.41, 5.74) is 2.34. The van der Waals surface area contributed by atoms with E-state index in [1.807, 2.05) is 0 Å². The number of hydrogen-bond donors (Lipinski definition) is 2. The van der Waals surface area contributed by atoms with E-state index in [0.29, 0.717) is 16.7 Å². The minimum Gasteiger partial charge on any atom is -0.319 e. The van der Waals surface area contributed by atoms with Crippen molar-refractivity contribution in [3.63, 3.8) is 0 Å². The number of fused-ring (bicyclic) bond motifs is 1. The highest BCUT2D eigenvalue weighted by molar-refractivity contribution is 6.11. The Morgan fingerprint density at radius 2 is 1.68 bits per heavy atom. The predicted molar refractivity (Wildman–Crippen MR) is 121 cm³/mol. The molecule has 0 atom stereocenters. The van der Waals surface area contributed by atoms with Gasteiger partial charge in [0.2, 0.25) is 0 Å². The summed E-state index contributed by atoms with van der Waals surface area (Å²) in [6.45, 7) is 0. The summed E-state index contributed by atoms with van der Waals surface area (Å²) in [4.78, 5) is 34.4. The number of aromatic nitrogens is 4. The van der Waals surface area contributed by atoms with Crippen LogP contribution in [0.4, 0.5) is 14.5 Å². The second kappa shape index (κ2) is 8.62. The highest BCUT2D eigenvalue weighted by Crippen LogP contribution is 2.24. The predicted octanol–water partition coefficient (Wildman–Crippen LogP) is 4.78. The average Bonchev–Trinajstić information content (AvgIpc) is 3.40. The van der Waals surface area contributed by atoms with E-state index in [1.165, 1.54) is 36.4 Å². The fourth-order valence-corrected chi connectivity index (χ4v) is 3.44. The molecule has 0 saturated carbocycles. The number of carbonyl (C=O) groups is 2. The minimum atomic E-state index is -0.874. The zero-order valence-corrected chi connectivity index (χ0v) is 17.4. The third-order valence-corrected chi connectivity index (χ3v) is 5.20. The minimum absolute atomic E-state index is 0.152. The number of anilines is 1. The summed E-state index contributed by atoms with van der Waals surface area (Å²) in [6, 6.07) is 13.7. The molecule has 0 aliphatic heterocycles. The molecule has 0 spiro atoms. The van der Waals surface area contributed by atoms with Gasteiger partial charge in [-0.1, -0.05) is 6.07 Å². The van der Waals surface area contributed by atoms with E-state index >= 15 is 4.39 Å². The number of hydrogen-bond acceptors (Lipinski definition) is 5. The molecule has 2 N–H and O–H groups in total. The third kappa shape index (κ3) is 4.02. The molecule has 0 aliphatic carbocycles. The van der Waals surface area contributed by atoms with Crippen molar-refractivity contribution in [2.75, 3.05) is 5.32 Å². The number of amides is 1. The zero-order chi connectivity index (χ0) is 23.7. The van der Waals surface area contributed by atoms with Gasteiger partial charge in [0, 0.05) is 22.9 Å². The van der Waals surface area contributed by atoms with Crippen LogP contribution in [0.2, 0.25) is 0 Å². The van der Waals surface area contributed by atoms with Crippen molar-refractivity contribution in [1.29, 1.82) is 0 Å². The molecule has 9 heteroatoms. The summed E-state index contributed by atoms with van der Waals surface area (Å²) < 4.78 is 28.3. The molecule has 166 valence electrons. The molecule has 0 aliphatic rings. The van der Waals surface area contributed by atoms with Crippen LogP contribution >= 0.6 is 0 Å². The van der Waals surface area contributed by atoms with E-state index in [9.17, 15) is 14.0 Å². The van der Waals surface area contributed by atoms with Crippen LogP contribution in [-0.4, -0.2) is 31.9 Å². The highest BCUT2D eigenvalue weighted by Gasteiger charge is 2.19. The molecule has 7 nitrogen and oxygen atoms in total. The molecule has 0 unspecified atom stereocenters. The van der Waals surface area contributed by atoms with E-state index in [2.05, 4.69) is 25.5 Å². The van der Waals surface area contributed by atoms with Gasteiger partial charge in [0.25, 0.3) is 5.91 Å². The maximum absolute atomic E-state index is 15.2. The first-order valence-electron chi connectivity index (χ1n) is 10.2. The van der Waals surface area contributed by atoms with Gasteiger partial charge in [0.15, 0.2) is 11.6 Å². The van der Waals surface area contributed by atoms with Crippen LogP contribution in [0.1, 0.15) is 26.3 Å². The number of carbonyl (C=O) groups excluding carboxylic acids is 2. The van der Waals surface area contributed by atoms with E-state index in [4.69, 9.17) is 0 Å². The van der Waals surface area contributed by atoms with Crippen molar-refractivity contribution in [2.24, 2.45) is 0 Å². The first-order chi connectivity index (χ1) is 16.5. The Kier molecular flexibility index (Phi) is 5.35. The van der Waals surface area contributed by atoms with Gasteiger partial charge >= 0.3 is 0 Å². The summed E-state index contributed by atoms with van der Waals surface area (Å²) in [5.74, 6) is -2.57. The standard InChI is InChI=1S/C25H15F2N5O2/c26-17-7-4-14(5-8-17)25(34)32-20-3-1-2-18(23(20)27)24(33)15-6-9-19-21(10-15)31-22(13-28-19)16-11-29-30-12-16/h1-13H,(H,29,30)(H,32,34). The lowest BCUT2D eigenvalue weighted by molar-refractivity contribution is 0.101. The lowest BCUT2D eigenvalue weighted by Crippen LogP contribution is -2.15. The Morgan fingerprint density at radius 1 is 0.882 bits per heavy atom. The molecular formula is C25H15F2N5O2. The van der Waals surface area contributed by atoms with Crippen LogP contribution < -0.4 is 5.32 Å². The number of nitrogens with one attached hydrogen (secondary N) is 2. The van der Waals surface area contributed by atoms with Crippen LogP contribution in [0.15, 0.2) is 79.3 Å². The van der Waals surface area contributed by atoms with E-state index in [-0.39, 0.29) is 22.4 Å². The second-order valence-corrected chi connectivity index (χ2v) is 7.40. The fraction of sp³-hybridized carbons (Fsp3) is 0. The van der Waals surface area contributed by atoms with Crippen LogP contribution in [-0.2, 0) is 0 Å². The summed E-state index contributed by atoms with van der Waals surface area (Å²) in [7, 11) is 0. The summed E-state index contributed by atoms with van der Waals surface area (Å²) in [5, 5.41) is 9.02. The highest BCUT2D eigenvalue weighted by atomic mass is 19.1. The number of halogens is 2. The molecule has 0 fully saturated rings. The summed E-state index contributed by atoms with van der Waals surface area (Å²) in [6.07, 6.45) is 4.87. The maximum Gasteiger partial charge on any atom is 0.255 e. The quantitative estimate of drug-likeness (QED) is 0.372. The smallest absolute Gasteiger partial charge is 0.255 e. The number of aromatic amines is 1. The number of rotatable bonds is 5. The lowest BCUT2D eigenvalue weighted by Gasteiger charge is -2.10. The first-order valence-corrected chi connectivity index (χ1v) is 10.2. The monoisotopic (exact) mass is 455 g/mol. The Balaban J connectivity index is 1.45. The first kappa shape index (κ1) is 21.1. The zero-order valence-electron chi connectivity index (χ0n) is 17.4. The molecule has 5 rings (SSSR count). The fourth-order valence-electron chi connectivity index (χ4n) is 3.44.